The highest BCUT2D eigenvalue weighted by molar-refractivity contribution is 5.51. The molecule has 1 N–H and O–H groups in total. The molecule has 1 aromatic heterocycles. The molecule has 1 aliphatic heterocycles. The van der Waals surface area contributed by atoms with Crippen LogP contribution in [-0.4, -0.2) is 23.2 Å². The van der Waals surface area contributed by atoms with Gasteiger partial charge in [0.25, 0.3) is 0 Å². The fourth-order valence-electron chi connectivity index (χ4n) is 2.58. The summed E-state index contributed by atoms with van der Waals surface area (Å²) in [6, 6.07) is 2.05. The second-order valence-electron chi connectivity index (χ2n) is 4.94. The van der Waals surface area contributed by atoms with Crippen molar-refractivity contribution >= 4 is 5.82 Å². The average Bonchev–Trinajstić information content (AvgIpc) is 2.56. The second kappa shape index (κ2) is 5.50. The van der Waals surface area contributed by atoms with Gasteiger partial charge in [-0.2, -0.15) is 0 Å². The van der Waals surface area contributed by atoms with Gasteiger partial charge in [-0.1, -0.05) is 12.8 Å². The highest BCUT2D eigenvalue weighted by atomic mass is 16.3. The van der Waals surface area contributed by atoms with E-state index in [1.807, 2.05) is 13.0 Å². The summed E-state index contributed by atoms with van der Waals surface area (Å²) < 4.78 is 0. The summed E-state index contributed by atoms with van der Waals surface area (Å²) in [6.45, 7) is 6.31. The van der Waals surface area contributed by atoms with Gasteiger partial charge in [0.05, 0.1) is 6.61 Å². The van der Waals surface area contributed by atoms with Gasteiger partial charge in [0.1, 0.15) is 5.82 Å². The molecule has 2 heterocycles. The highest BCUT2D eigenvalue weighted by Crippen LogP contribution is 2.25. The predicted octanol–water partition coefficient (Wildman–Crippen LogP) is 2.57. The van der Waals surface area contributed by atoms with Crippen molar-refractivity contribution in [3.63, 3.8) is 0 Å². The molecule has 0 radical (unpaired) electrons. The number of aryl methyl sites for hydroxylation is 2. The zero-order chi connectivity index (χ0) is 12.3. The number of aliphatic hydroxyl groups excluding tert-OH is 1. The molecular formula is C14H22N2O. The van der Waals surface area contributed by atoms with Crippen LogP contribution in [0.1, 0.15) is 42.5 Å². The lowest BCUT2D eigenvalue weighted by molar-refractivity contribution is 0.280. The normalized spacial score (nSPS) is 17.0. The Labute approximate surface area is 103 Å². The minimum Gasteiger partial charge on any atom is -0.392 e. The highest BCUT2D eigenvalue weighted by Gasteiger charge is 2.16. The second-order valence-corrected chi connectivity index (χ2v) is 4.94. The molecule has 17 heavy (non-hydrogen) atoms. The van der Waals surface area contributed by atoms with Crippen molar-refractivity contribution in [3.05, 3.63) is 22.9 Å². The molecule has 1 saturated heterocycles. The van der Waals surface area contributed by atoms with Crippen LogP contribution >= 0.6 is 0 Å². The topological polar surface area (TPSA) is 36.4 Å². The molecule has 0 unspecified atom stereocenters. The number of aliphatic hydroxyl groups is 1. The lowest BCUT2D eigenvalue weighted by Crippen LogP contribution is -2.26. The fraction of sp³-hybridized carbons (Fsp3) is 0.643. The summed E-state index contributed by atoms with van der Waals surface area (Å²) in [7, 11) is 0. The summed E-state index contributed by atoms with van der Waals surface area (Å²) in [5, 5.41) is 9.52. The average molecular weight is 234 g/mol. The van der Waals surface area contributed by atoms with E-state index in [9.17, 15) is 5.11 Å². The first-order valence-electron chi connectivity index (χ1n) is 6.55. The van der Waals surface area contributed by atoms with E-state index in [1.54, 1.807) is 0 Å². The molecule has 0 saturated carbocycles. The van der Waals surface area contributed by atoms with Crippen LogP contribution in [0.5, 0.6) is 0 Å². The van der Waals surface area contributed by atoms with E-state index in [0.29, 0.717) is 0 Å². The standard InChI is InChI=1S/C14H22N2O/c1-11-9-12(2)15-14(13(11)10-17)16-7-5-3-4-6-8-16/h9,17H,3-8,10H2,1-2H3. The summed E-state index contributed by atoms with van der Waals surface area (Å²) >= 11 is 0. The van der Waals surface area contributed by atoms with Crippen molar-refractivity contribution in [1.82, 2.24) is 4.98 Å². The Morgan fingerprint density at radius 3 is 2.41 bits per heavy atom. The van der Waals surface area contributed by atoms with Crippen LogP contribution in [0.25, 0.3) is 0 Å². The van der Waals surface area contributed by atoms with E-state index < -0.39 is 0 Å². The quantitative estimate of drug-likeness (QED) is 0.854. The maximum absolute atomic E-state index is 9.52. The molecule has 0 amide bonds. The molecular weight excluding hydrogens is 212 g/mol. The van der Waals surface area contributed by atoms with Gasteiger partial charge in [0.2, 0.25) is 0 Å². The molecule has 1 fully saturated rings. The van der Waals surface area contributed by atoms with Crippen molar-refractivity contribution in [2.45, 2.75) is 46.1 Å². The van der Waals surface area contributed by atoms with E-state index in [-0.39, 0.29) is 6.61 Å². The molecule has 0 bridgehead atoms. The third-order valence-electron chi connectivity index (χ3n) is 3.52. The summed E-state index contributed by atoms with van der Waals surface area (Å²) in [4.78, 5) is 6.98. The Morgan fingerprint density at radius 2 is 1.82 bits per heavy atom. The zero-order valence-corrected chi connectivity index (χ0v) is 10.9. The molecule has 3 heteroatoms. The maximum Gasteiger partial charge on any atom is 0.134 e. The maximum atomic E-state index is 9.52. The number of nitrogens with zero attached hydrogens (tertiary/aromatic N) is 2. The zero-order valence-electron chi connectivity index (χ0n) is 10.9. The van der Waals surface area contributed by atoms with Crippen LogP contribution < -0.4 is 4.90 Å². The molecule has 0 aromatic carbocycles. The van der Waals surface area contributed by atoms with Crippen molar-refractivity contribution in [2.75, 3.05) is 18.0 Å². The van der Waals surface area contributed by atoms with Crippen LogP contribution in [0.15, 0.2) is 6.07 Å². The smallest absolute Gasteiger partial charge is 0.134 e. The van der Waals surface area contributed by atoms with Crippen LogP contribution in [-0.2, 0) is 6.61 Å². The molecule has 0 atom stereocenters. The van der Waals surface area contributed by atoms with Gasteiger partial charge in [-0.25, -0.2) is 4.98 Å². The van der Waals surface area contributed by atoms with E-state index in [2.05, 4.69) is 16.8 Å². The van der Waals surface area contributed by atoms with Gasteiger partial charge >= 0.3 is 0 Å². The number of anilines is 1. The third kappa shape index (κ3) is 2.78. The SMILES string of the molecule is Cc1cc(C)c(CO)c(N2CCCCCC2)n1. The number of hydrogen-bond donors (Lipinski definition) is 1. The van der Waals surface area contributed by atoms with E-state index in [4.69, 9.17) is 0 Å². The molecule has 0 aliphatic carbocycles. The lowest BCUT2D eigenvalue weighted by Gasteiger charge is -2.25. The number of pyridine rings is 1. The minimum absolute atomic E-state index is 0.0882. The van der Waals surface area contributed by atoms with Crippen LogP contribution in [0.4, 0.5) is 5.82 Å². The largest absolute Gasteiger partial charge is 0.392 e. The first-order chi connectivity index (χ1) is 8.22. The lowest BCUT2D eigenvalue weighted by atomic mass is 10.1. The van der Waals surface area contributed by atoms with Crippen molar-refractivity contribution < 1.29 is 5.11 Å². The molecule has 0 spiro atoms. The Hall–Kier alpha value is -1.09. The Morgan fingerprint density at radius 1 is 1.18 bits per heavy atom. The number of rotatable bonds is 2. The molecule has 1 aromatic rings. The van der Waals surface area contributed by atoms with E-state index in [0.717, 1.165) is 35.7 Å². The van der Waals surface area contributed by atoms with Crippen molar-refractivity contribution in [1.29, 1.82) is 0 Å². The van der Waals surface area contributed by atoms with Gasteiger partial charge in [0, 0.05) is 24.3 Å². The predicted molar refractivity (Wildman–Crippen MR) is 70.3 cm³/mol. The Balaban J connectivity index is 2.34. The molecule has 1 aliphatic rings. The van der Waals surface area contributed by atoms with Crippen molar-refractivity contribution in [2.24, 2.45) is 0 Å². The van der Waals surface area contributed by atoms with Gasteiger partial charge in [-0.15, -0.1) is 0 Å². The Bertz CT molecular complexity index is 382. The molecule has 2 rings (SSSR count). The van der Waals surface area contributed by atoms with Gasteiger partial charge in [-0.05, 0) is 38.3 Å². The van der Waals surface area contributed by atoms with Crippen LogP contribution in [0.2, 0.25) is 0 Å². The van der Waals surface area contributed by atoms with E-state index in [1.165, 1.54) is 25.7 Å². The van der Waals surface area contributed by atoms with Gasteiger partial charge in [-0.3, -0.25) is 0 Å². The minimum atomic E-state index is 0.0882. The Kier molecular flexibility index (Phi) is 4.00. The fourth-order valence-corrected chi connectivity index (χ4v) is 2.58. The summed E-state index contributed by atoms with van der Waals surface area (Å²) in [5.74, 6) is 1.01. The van der Waals surface area contributed by atoms with E-state index >= 15 is 0 Å². The summed E-state index contributed by atoms with van der Waals surface area (Å²) in [5.41, 5.74) is 3.19. The van der Waals surface area contributed by atoms with Crippen LogP contribution in [0.3, 0.4) is 0 Å². The third-order valence-corrected chi connectivity index (χ3v) is 3.52. The van der Waals surface area contributed by atoms with Crippen molar-refractivity contribution in [3.8, 4) is 0 Å². The first kappa shape index (κ1) is 12.4. The summed E-state index contributed by atoms with van der Waals surface area (Å²) in [6.07, 6.45) is 5.10. The monoisotopic (exact) mass is 234 g/mol. The molecule has 94 valence electrons. The first-order valence-corrected chi connectivity index (χ1v) is 6.55. The number of aromatic nitrogens is 1. The van der Waals surface area contributed by atoms with Gasteiger partial charge in [0.15, 0.2) is 0 Å². The molecule has 3 nitrogen and oxygen atoms in total. The number of hydrogen-bond acceptors (Lipinski definition) is 3. The van der Waals surface area contributed by atoms with Crippen LogP contribution in [0, 0.1) is 13.8 Å². The van der Waals surface area contributed by atoms with Gasteiger partial charge < -0.3 is 10.0 Å².